The number of aromatic nitrogens is 5. The monoisotopic (exact) mass is 453 g/mol. The van der Waals surface area contributed by atoms with Crippen LogP contribution in [-0.2, 0) is 19.5 Å². The normalized spacial score (nSPS) is 19.1. The summed E-state index contributed by atoms with van der Waals surface area (Å²) < 4.78 is 2.32. The third kappa shape index (κ3) is 4.27. The molecular weight excluding hydrogens is 418 g/mol. The van der Waals surface area contributed by atoms with Gasteiger partial charge >= 0.3 is 0 Å². The molecule has 3 aromatic rings. The molecule has 0 amide bonds. The van der Waals surface area contributed by atoms with Gasteiger partial charge in [-0.15, -0.1) is 21.5 Å². The zero-order valence-corrected chi connectivity index (χ0v) is 20.6. The molecule has 32 heavy (non-hydrogen) atoms. The molecule has 172 valence electrons. The molecule has 0 radical (unpaired) electrons. The molecule has 0 unspecified atom stereocenters. The molecule has 1 atom stereocenters. The number of thiophene rings is 1. The lowest BCUT2D eigenvalue weighted by Crippen LogP contribution is -2.33. The molecule has 0 bridgehead atoms. The van der Waals surface area contributed by atoms with Crippen LogP contribution >= 0.6 is 11.3 Å². The highest BCUT2D eigenvalue weighted by molar-refractivity contribution is 7.18. The zero-order chi connectivity index (χ0) is 22.2. The van der Waals surface area contributed by atoms with Crippen LogP contribution in [0.3, 0.4) is 0 Å². The third-order valence-electron chi connectivity index (χ3n) is 7.19. The van der Waals surface area contributed by atoms with Gasteiger partial charge in [0.15, 0.2) is 5.82 Å². The number of nitrogens with one attached hydrogen (secondary N) is 1. The van der Waals surface area contributed by atoms with Gasteiger partial charge in [-0.1, -0.05) is 13.3 Å². The van der Waals surface area contributed by atoms with Crippen molar-refractivity contribution in [1.29, 1.82) is 0 Å². The van der Waals surface area contributed by atoms with E-state index in [0.29, 0.717) is 0 Å². The van der Waals surface area contributed by atoms with E-state index in [-0.39, 0.29) is 6.04 Å². The first kappa shape index (κ1) is 21.8. The highest BCUT2D eigenvalue weighted by Gasteiger charge is 2.23. The zero-order valence-electron chi connectivity index (χ0n) is 19.8. The summed E-state index contributed by atoms with van der Waals surface area (Å²) in [6.07, 6.45) is 7.23. The maximum Gasteiger partial charge on any atom is 0.155 e. The number of anilines is 1. The summed E-state index contributed by atoms with van der Waals surface area (Å²) in [5, 5.41) is 13.9. The Morgan fingerprint density at radius 3 is 2.69 bits per heavy atom. The molecule has 0 aromatic carbocycles. The topological polar surface area (TPSA) is 71.8 Å². The molecule has 1 fully saturated rings. The molecular formula is C24H35N7S. The minimum atomic E-state index is 0.0377. The minimum Gasteiger partial charge on any atom is -0.360 e. The van der Waals surface area contributed by atoms with Crippen molar-refractivity contribution in [2.24, 2.45) is 5.92 Å². The fourth-order valence-electron chi connectivity index (χ4n) is 4.99. The van der Waals surface area contributed by atoms with Gasteiger partial charge in [0.25, 0.3) is 0 Å². The molecule has 0 aliphatic carbocycles. The Bertz CT molecular complexity index is 1090. The first-order valence-corrected chi connectivity index (χ1v) is 13.0. The Hall–Kier alpha value is -2.06. The quantitative estimate of drug-likeness (QED) is 0.584. The van der Waals surface area contributed by atoms with Gasteiger partial charge in [-0.25, -0.2) is 9.97 Å². The van der Waals surface area contributed by atoms with E-state index in [4.69, 9.17) is 9.97 Å². The molecule has 2 aliphatic rings. The maximum absolute atomic E-state index is 5.05. The van der Waals surface area contributed by atoms with Crippen LogP contribution in [0.4, 0.5) is 5.82 Å². The smallest absolute Gasteiger partial charge is 0.155 e. The fourth-order valence-corrected chi connectivity index (χ4v) is 6.03. The predicted octanol–water partition coefficient (Wildman–Crippen LogP) is 5.03. The van der Waals surface area contributed by atoms with Crippen molar-refractivity contribution in [3.05, 3.63) is 27.9 Å². The summed E-state index contributed by atoms with van der Waals surface area (Å²) in [6, 6.07) is 0.0377. The summed E-state index contributed by atoms with van der Waals surface area (Å²) in [5.74, 6) is 4.83. The molecule has 5 heterocycles. The number of fused-ring (bicyclic) bond motifs is 2. The first-order chi connectivity index (χ1) is 15.5. The van der Waals surface area contributed by atoms with Crippen molar-refractivity contribution < 1.29 is 0 Å². The summed E-state index contributed by atoms with van der Waals surface area (Å²) in [6.45, 7) is 13.0. The van der Waals surface area contributed by atoms with Crippen molar-refractivity contribution in [3.8, 4) is 0 Å². The Morgan fingerprint density at radius 1 is 1.06 bits per heavy atom. The van der Waals surface area contributed by atoms with Crippen molar-refractivity contribution in [3.63, 3.8) is 0 Å². The van der Waals surface area contributed by atoms with Crippen molar-refractivity contribution in [2.75, 3.05) is 18.4 Å². The van der Waals surface area contributed by atoms with E-state index in [2.05, 4.69) is 52.7 Å². The van der Waals surface area contributed by atoms with Crippen LogP contribution in [0.15, 0.2) is 0 Å². The van der Waals surface area contributed by atoms with Crippen LogP contribution in [0.25, 0.3) is 10.2 Å². The van der Waals surface area contributed by atoms with Gasteiger partial charge in [-0.2, -0.15) is 0 Å². The van der Waals surface area contributed by atoms with E-state index in [9.17, 15) is 0 Å². The van der Waals surface area contributed by atoms with Crippen molar-refractivity contribution in [2.45, 2.75) is 85.4 Å². The van der Waals surface area contributed by atoms with Crippen LogP contribution in [0, 0.1) is 19.8 Å². The standard InChI is InChI=1S/C24H35N7S/c1-15-9-12-30(13-10-15)14-19-26-22(21-16(2)18(4)32-24(21)27-19)25-17(3)23-29-28-20-8-6-5-7-11-31(20)23/h15,17H,5-14H2,1-4H3,(H,25,26,27)/t17-/m0/s1. The van der Waals surface area contributed by atoms with E-state index in [1.807, 2.05) is 0 Å². The van der Waals surface area contributed by atoms with Crippen molar-refractivity contribution >= 4 is 27.4 Å². The van der Waals surface area contributed by atoms with Gasteiger partial charge < -0.3 is 9.88 Å². The van der Waals surface area contributed by atoms with E-state index in [0.717, 1.165) is 72.0 Å². The minimum absolute atomic E-state index is 0.0377. The maximum atomic E-state index is 5.05. The molecule has 2 aliphatic heterocycles. The van der Waals surface area contributed by atoms with Gasteiger partial charge in [-0.05, 0) is 71.0 Å². The van der Waals surface area contributed by atoms with Gasteiger partial charge in [0.2, 0.25) is 0 Å². The highest BCUT2D eigenvalue weighted by atomic mass is 32.1. The van der Waals surface area contributed by atoms with Crippen LogP contribution in [-0.4, -0.2) is 42.7 Å². The lowest BCUT2D eigenvalue weighted by Gasteiger charge is -2.29. The molecule has 3 aromatic heterocycles. The molecule has 5 rings (SSSR count). The van der Waals surface area contributed by atoms with Gasteiger partial charge in [0.1, 0.15) is 22.3 Å². The summed E-state index contributed by atoms with van der Waals surface area (Å²) in [5.41, 5.74) is 1.28. The Labute approximate surface area is 194 Å². The number of likely N-dealkylation sites (tertiary alicyclic amines) is 1. The Morgan fingerprint density at radius 2 is 1.88 bits per heavy atom. The average Bonchev–Trinajstić information content (AvgIpc) is 3.20. The molecule has 8 heteroatoms. The molecule has 0 spiro atoms. The first-order valence-electron chi connectivity index (χ1n) is 12.2. The molecule has 1 N–H and O–H groups in total. The van der Waals surface area contributed by atoms with E-state index >= 15 is 0 Å². The van der Waals surface area contributed by atoms with Crippen LogP contribution in [0.5, 0.6) is 0 Å². The number of rotatable bonds is 5. The summed E-state index contributed by atoms with van der Waals surface area (Å²) in [7, 11) is 0. The van der Waals surface area contributed by atoms with Crippen LogP contribution in [0.1, 0.15) is 79.9 Å². The summed E-state index contributed by atoms with van der Waals surface area (Å²) >= 11 is 1.78. The number of hydrogen-bond donors (Lipinski definition) is 1. The number of piperidine rings is 1. The van der Waals surface area contributed by atoms with Gasteiger partial charge in [0.05, 0.1) is 18.0 Å². The Kier molecular flexibility index (Phi) is 6.16. The second kappa shape index (κ2) is 9.06. The van der Waals surface area contributed by atoms with Gasteiger partial charge in [-0.3, -0.25) is 4.90 Å². The molecule has 1 saturated heterocycles. The van der Waals surface area contributed by atoms with E-state index < -0.39 is 0 Å². The Balaban J connectivity index is 1.45. The number of hydrogen-bond acceptors (Lipinski definition) is 7. The summed E-state index contributed by atoms with van der Waals surface area (Å²) in [4.78, 5) is 14.9. The third-order valence-corrected chi connectivity index (χ3v) is 8.30. The molecule has 0 saturated carbocycles. The second-order valence-corrected chi connectivity index (χ2v) is 10.9. The van der Waals surface area contributed by atoms with Crippen LogP contribution < -0.4 is 5.32 Å². The van der Waals surface area contributed by atoms with Crippen LogP contribution in [0.2, 0.25) is 0 Å². The largest absolute Gasteiger partial charge is 0.360 e. The fraction of sp³-hybridized carbons (Fsp3) is 0.667. The predicted molar refractivity (Wildman–Crippen MR) is 130 cm³/mol. The van der Waals surface area contributed by atoms with Crippen molar-refractivity contribution in [1.82, 2.24) is 29.6 Å². The second-order valence-electron chi connectivity index (χ2n) is 9.71. The molecule has 7 nitrogen and oxygen atoms in total. The van der Waals surface area contributed by atoms with E-state index in [1.54, 1.807) is 11.3 Å². The van der Waals surface area contributed by atoms with E-state index in [1.165, 1.54) is 42.5 Å². The average molecular weight is 454 g/mol. The SMILES string of the molecule is Cc1sc2nc(CN3CCC(C)CC3)nc(N[C@@H](C)c3nnc4n3CCCCC4)c2c1C. The number of nitrogens with zero attached hydrogens (tertiary/aromatic N) is 6. The lowest BCUT2D eigenvalue weighted by molar-refractivity contribution is 0.181. The lowest BCUT2D eigenvalue weighted by atomic mass is 9.99. The number of aryl methyl sites for hydroxylation is 3. The highest BCUT2D eigenvalue weighted by Crippen LogP contribution is 2.35. The van der Waals surface area contributed by atoms with Gasteiger partial charge in [0, 0.05) is 17.8 Å².